The van der Waals surface area contributed by atoms with Gasteiger partial charge in [-0.05, 0) is 20.8 Å². The van der Waals surface area contributed by atoms with Gasteiger partial charge in [0.25, 0.3) is 0 Å². The molecule has 0 aliphatic heterocycles. The van der Waals surface area contributed by atoms with Crippen molar-refractivity contribution in [3.8, 4) is 0 Å². The Morgan fingerprint density at radius 2 is 1.50 bits per heavy atom. The second kappa shape index (κ2) is 6.19. The fourth-order valence-electron chi connectivity index (χ4n) is 0.329. The molecular weight excluding hydrogens is 231 g/mol. The molecule has 8 heteroatoms. The van der Waals surface area contributed by atoms with E-state index in [-0.39, 0.29) is 11.7 Å². The summed E-state index contributed by atoms with van der Waals surface area (Å²) >= 11 is 0. The van der Waals surface area contributed by atoms with Gasteiger partial charge in [0.1, 0.15) is 5.60 Å². The number of alkyl halides is 3. The normalized spacial score (nSPS) is 10.9. The molecule has 0 aromatic heterocycles. The summed E-state index contributed by atoms with van der Waals surface area (Å²) in [6.07, 6.45) is -5.47. The van der Waals surface area contributed by atoms with Crippen LogP contribution >= 0.6 is 0 Å². The Hall–Kier alpha value is -1.47. The number of carboxylic acid groups (broad SMARTS) is 1. The van der Waals surface area contributed by atoms with Crippen molar-refractivity contribution in [3.63, 3.8) is 0 Å². The Labute approximate surface area is 90.6 Å². The molecule has 0 fully saturated rings. The van der Waals surface area contributed by atoms with E-state index < -0.39 is 12.1 Å². The minimum absolute atomic E-state index is 0.387. The molecule has 0 aliphatic rings. The summed E-state index contributed by atoms with van der Waals surface area (Å²) in [4.78, 5) is 19.4. The van der Waals surface area contributed by atoms with Gasteiger partial charge in [0.15, 0.2) is 0 Å². The Morgan fingerprint density at radius 1 is 1.19 bits per heavy atom. The minimum atomic E-state index is -5.08. The van der Waals surface area contributed by atoms with Gasteiger partial charge in [-0.25, -0.2) is 9.59 Å². The van der Waals surface area contributed by atoms with Gasteiger partial charge in [-0.1, -0.05) is 0 Å². The number of carbonyl (C=O) groups is 2. The third-order valence-electron chi connectivity index (χ3n) is 0.846. The number of halogens is 3. The summed E-state index contributed by atoms with van der Waals surface area (Å²) in [5, 5.41) is 9.49. The van der Waals surface area contributed by atoms with Crippen LogP contribution in [0.2, 0.25) is 0 Å². The van der Waals surface area contributed by atoms with Crippen LogP contribution in [0, 0.1) is 0 Å². The van der Waals surface area contributed by atoms with Gasteiger partial charge < -0.3 is 15.2 Å². The number of ether oxygens (including phenoxy) is 1. The van der Waals surface area contributed by atoms with Crippen LogP contribution in [0.1, 0.15) is 20.8 Å². The van der Waals surface area contributed by atoms with E-state index in [1.165, 1.54) is 7.05 Å². The second-order valence-electron chi connectivity index (χ2n) is 3.55. The molecule has 0 heterocycles. The van der Waals surface area contributed by atoms with Crippen LogP contribution in [0.15, 0.2) is 0 Å². The molecule has 2 N–H and O–H groups in total. The zero-order valence-corrected chi connectivity index (χ0v) is 9.31. The standard InChI is InChI=1S/C6H13NO2.C2HF3O2/c1-6(2,3)9-5(8)7-4;3-2(4,5)1(6)7/h1-4H3,(H,7,8);(H,6,7). The number of rotatable bonds is 0. The van der Waals surface area contributed by atoms with Crippen LogP contribution in [-0.4, -0.2) is 36.0 Å². The summed E-state index contributed by atoms with van der Waals surface area (Å²) in [6, 6.07) is 0. The molecule has 0 radical (unpaired) electrons. The van der Waals surface area contributed by atoms with Gasteiger partial charge in [-0.3, -0.25) is 0 Å². The predicted molar refractivity (Wildman–Crippen MR) is 49.0 cm³/mol. The predicted octanol–water partition coefficient (Wildman–Crippen LogP) is 1.77. The first kappa shape index (κ1) is 16.9. The third kappa shape index (κ3) is 12.5. The van der Waals surface area contributed by atoms with Gasteiger partial charge in [-0.2, -0.15) is 13.2 Å². The Balaban J connectivity index is 0. The first-order valence-electron chi connectivity index (χ1n) is 4.11. The highest BCUT2D eigenvalue weighted by molar-refractivity contribution is 5.73. The SMILES string of the molecule is CNC(=O)OC(C)(C)C.O=C(O)C(F)(F)F. The lowest BCUT2D eigenvalue weighted by atomic mass is 10.2. The van der Waals surface area contributed by atoms with Crippen molar-refractivity contribution in [2.45, 2.75) is 32.5 Å². The smallest absolute Gasteiger partial charge is 0.475 e. The molecule has 0 atom stereocenters. The highest BCUT2D eigenvalue weighted by atomic mass is 19.4. The number of aliphatic carboxylic acids is 1. The first-order valence-corrected chi connectivity index (χ1v) is 4.11. The summed E-state index contributed by atoms with van der Waals surface area (Å²) in [5.74, 6) is -2.76. The quantitative estimate of drug-likeness (QED) is 0.682. The van der Waals surface area contributed by atoms with E-state index in [1.54, 1.807) is 0 Å². The van der Waals surface area contributed by atoms with Crippen molar-refractivity contribution in [3.05, 3.63) is 0 Å². The van der Waals surface area contributed by atoms with Gasteiger partial charge >= 0.3 is 18.2 Å². The molecule has 0 unspecified atom stereocenters. The van der Waals surface area contributed by atoms with Crippen LogP contribution in [0.5, 0.6) is 0 Å². The molecular formula is C8H14F3NO4. The van der Waals surface area contributed by atoms with E-state index in [2.05, 4.69) is 5.32 Å². The zero-order valence-electron chi connectivity index (χ0n) is 9.31. The molecule has 16 heavy (non-hydrogen) atoms. The molecule has 0 aromatic rings. The molecule has 0 aliphatic carbocycles. The maximum atomic E-state index is 10.6. The van der Waals surface area contributed by atoms with Crippen LogP contribution in [0.3, 0.4) is 0 Å². The molecule has 0 aromatic carbocycles. The largest absolute Gasteiger partial charge is 0.490 e. The molecule has 1 amide bonds. The number of hydrogen-bond acceptors (Lipinski definition) is 3. The highest BCUT2D eigenvalue weighted by Crippen LogP contribution is 2.13. The average molecular weight is 245 g/mol. The lowest BCUT2D eigenvalue weighted by molar-refractivity contribution is -0.192. The summed E-state index contributed by atoms with van der Waals surface area (Å²) < 4.78 is 36.6. The van der Waals surface area contributed by atoms with E-state index in [0.29, 0.717) is 0 Å². The number of carbonyl (C=O) groups excluding carboxylic acids is 1. The fraction of sp³-hybridized carbons (Fsp3) is 0.750. The van der Waals surface area contributed by atoms with Crippen molar-refractivity contribution in [1.82, 2.24) is 5.32 Å². The fourth-order valence-corrected chi connectivity index (χ4v) is 0.329. The lowest BCUT2D eigenvalue weighted by Crippen LogP contribution is -2.30. The molecule has 0 saturated heterocycles. The van der Waals surface area contributed by atoms with E-state index in [4.69, 9.17) is 14.6 Å². The summed E-state index contributed by atoms with van der Waals surface area (Å²) in [6.45, 7) is 5.46. The number of alkyl carbamates (subject to hydrolysis) is 1. The van der Waals surface area contributed by atoms with E-state index in [9.17, 15) is 18.0 Å². The van der Waals surface area contributed by atoms with Crippen molar-refractivity contribution in [2.75, 3.05) is 7.05 Å². The molecule has 96 valence electrons. The maximum Gasteiger partial charge on any atom is 0.490 e. The van der Waals surface area contributed by atoms with Crippen molar-refractivity contribution in [1.29, 1.82) is 0 Å². The Morgan fingerprint density at radius 3 is 1.56 bits per heavy atom. The monoisotopic (exact) mass is 245 g/mol. The lowest BCUT2D eigenvalue weighted by Gasteiger charge is -2.18. The van der Waals surface area contributed by atoms with Gasteiger partial charge in [0, 0.05) is 7.05 Å². The van der Waals surface area contributed by atoms with Crippen molar-refractivity contribution < 1.29 is 32.6 Å². The molecule has 0 bridgehead atoms. The van der Waals surface area contributed by atoms with Crippen LogP contribution < -0.4 is 5.32 Å². The Kier molecular flexibility index (Phi) is 6.55. The number of nitrogens with one attached hydrogen (secondary N) is 1. The first-order chi connectivity index (χ1) is 6.90. The number of carboxylic acids is 1. The molecule has 0 rings (SSSR count). The minimum Gasteiger partial charge on any atom is -0.475 e. The highest BCUT2D eigenvalue weighted by Gasteiger charge is 2.38. The third-order valence-corrected chi connectivity index (χ3v) is 0.846. The number of hydrogen-bond donors (Lipinski definition) is 2. The average Bonchev–Trinajstić information content (AvgIpc) is 2.00. The van der Waals surface area contributed by atoms with E-state index >= 15 is 0 Å². The van der Waals surface area contributed by atoms with E-state index in [1.807, 2.05) is 20.8 Å². The van der Waals surface area contributed by atoms with Crippen LogP contribution in [-0.2, 0) is 9.53 Å². The maximum absolute atomic E-state index is 10.6. The van der Waals surface area contributed by atoms with Crippen LogP contribution in [0.4, 0.5) is 18.0 Å². The van der Waals surface area contributed by atoms with E-state index in [0.717, 1.165) is 0 Å². The molecule has 5 nitrogen and oxygen atoms in total. The van der Waals surface area contributed by atoms with Crippen molar-refractivity contribution >= 4 is 12.1 Å². The summed E-state index contributed by atoms with van der Waals surface area (Å²) in [5.41, 5.74) is -0.389. The topological polar surface area (TPSA) is 75.6 Å². The number of amides is 1. The van der Waals surface area contributed by atoms with Crippen molar-refractivity contribution in [2.24, 2.45) is 0 Å². The van der Waals surface area contributed by atoms with Gasteiger partial charge in [0.05, 0.1) is 0 Å². The van der Waals surface area contributed by atoms with Gasteiger partial charge in [-0.15, -0.1) is 0 Å². The van der Waals surface area contributed by atoms with Gasteiger partial charge in [0.2, 0.25) is 0 Å². The van der Waals surface area contributed by atoms with Crippen LogP contribution in [0.25, 0.3) is 0 Å². The summed E-state index contributed by atoms with van der Waals surface area (Å²) in [7, 11) is 1.54. The zero-order chi connectivity index (χ0) is 13.6. The molecule has 0 spiro atoms. The second-order valence-corrected chi connectivity index (χ2v) is 3.55. The Bertz CT molecular complexity index is 245. The molecule has 0 saturated carbocycles.